The Morgan fingerprint density at radius 1 is 1.05 bits per heavy atom. The van der Waals surface area contributed by atoms with Gasteiger partial charge in [-0.1, -0.05) is 42.5 Å². The minimum Gasteiger partial charge on any atom is -0.465 e. The number of aromatic nitrogens is 1. The highest BCUT2D eigenvalue weighted by Gasteiger charge is 2.16. The number of nitrogens with zero attached hydrogens (tertiary/aromatic N) is 1. The van der Waals surface area contributed by atoms with Crippen molar-refractivity contribution >= 4 is 16.9 Å². The molecule has 1 aromatic heterocycles. The Morgan fingerprint density at radius 3 is 2.48 bits per heavy atom. The van der Waals surface area contributed by atoms with Crippen LogP contribution in [0.15, 0.2) is 54.6 Å². The summed E-state index contributed by atoms with van der Waals surface area (Å²) in [6, 6.07) is 16.2. The minimum atomic E-state index is -0.707. The Kier molecular flexibility index (Phi) is 3.36. The first-order valence-corrected chi connectivity index (χ1v) is 6.43. The van der Waals surface area contributed by atoms with E-state index in [2.05, 4.69) is 9.72 Å². The maximum atomic E-state index is 14.4. The second kappa shape index (κ2) is 5.32. The molecule has 4 heteroatoms. The summed E-state index contributed by atoms with van der Waals surface area (Å²) in [6.45, 7) is 0. The van der Waals surface area contributed by atoms with Crippen molar-refractivity contribution in [3.8, 4) is 11.3 Å². The zero-order valence-corrected chi connectivity index (χ0v) is 11.3. The lowest BCUT2D eigenvalue weighted by Crippen LogP contribution is -2.05. The quantitative estimate of drug-likeness (QED) is 0.670. The number of halogens is 1. The van der Waals surface area contributed by atoms with Gasteiger partial charge in [-0.25, -0.2) is 14.2 Å². The first-order chi connectivity index (χ1) is 10.2. The van der Waals surface area contributed by atoms with Crippen molar-refractivity contribution in [1.29, 1.82) is 0 Å². The van der Waals surface area contributed by atoms with Crippen LogP contribution < -0.4 is 0 Å². The third kappa shape index (κ3) is 2.36. The van der Waals surface area contributed by atoms with Crippen molar-refractivity contribution in [2.45, 2.75) is 0 Å². The molecule has 2 aromatic carbocycles. The van der Waals surface area contributed by atoms with Gasteiger partial charge in [-0.05, 0) is 12.1 Å². The second-order valence-electron chi connectivity index (χ2n) is 4.55. The second-order valence-corrected chi connectivity index (χ2v) is 4.55. The highest BCUT2D eigenvalue weighted by atomic mass is 19.1. The third-order valence-corrected chi connectivity index (χ3v) is 3.28. The molecule has 0 radical (unpaired) electrons. The molecule has 0 N–H and O–H groups in total. The van der Waals surface area contributed by atoms with Gasteiger partial charge in [0, 0.05) is 10.9 Å². The van der Waals surface area contributed by atoms with Crippen LogP contribution in [-0.4, -0.2) is 18.1 Å². The number of hydrogen-bond donors (Lipinski definition) is 0. The van der Waals surface area contributed by atoms with E-state index in [1.807, 2.05) is 36.4 Å². The molecule has 0 atom stereocenters. The number of benzene rings is 2. The van der Waals surface area contributed by atoms with Crippen LogP contribution in [0.5, 0.6) is 0 Å². The molecule has 0 fully saturated rings. The van der Waals surface area contributed by atoms with Crippen LogP contribution in [0.2, 0.25) is 0 Å². The summed E-state index contributed by atoms with van der Waals surface area (Å²) in [6.07, 6.45) is 0. The van der Waals surface area contributed by atoms with Crippen LogP contribution in [-0.2, 0) is 4.74 Å². The molecule has 0 bridgehead atoms. The molecular formula is C17H12FNO2. The molecule has 0 saturated heterocycles. The number of hydrogen-bond acceptors (Lipinski definition) is 3. The van der Waals surface area contributed by atoms with Crippen LogP contribution in [0.4, 0.5) is 4.39 Å². The van der Waals surface area contributed by atoms with E-state index in [1.54, 1.807) is 12.1 Å². The van der Waals surface area contributed by atoms with Crippen molar-refractivity contribution < 1.29 is 13.9 Å². The van der Waals surface area contributed by atoms with Crippen LogP contribution in [0.3, 0.4) is 0 Å². The molecule has 0 aliphatic carbocycles. The summed E-state index contributed by atoms with van der Waals surface area (Å²) in [7, 11) is 1.22. The number of rotatable bonds is 2. The van der Waals surface area contributed by atoms with Gasteiger partial charge in [-0.2, -0.15) is 0 Å². The molecule has 0 unspecified atom stereocenters. The first-order valence-electron chi connectivity index (χ1n) is 6.43. The molecule has 0 saturated carbocycles. The monoisotopic (exact) mass is 281 g/mol. The number of carbonyl (C=O) groups excluding carboxylic acids is 1. The van der Waals surface area contributed by atoms with E-state index >= 15 is 0 Å². The predicted octanol–water partition coefficient (Wildman–Crippen LogP) is 3.83. The number of pyridine rings is 1. The topological polar surface area (TPSA) is 39.2 Å². The molecule has 0 aliphatic rings. The normalized spacial score (nSPS) is 10.6. The highest BCUT2D eigenvalue weighted by Crippen LogP contribution is 2.24. The molecule has 1 heterocycles. The van der Waals surface area contributed by atoms with E-state index in [4.69, 9.17) is 0 Å². The van der Waals surface area contributed by atoms with E-state index < -0.39 is 11.8 Å². The van der Waals surface area contributed by atoms with E-state index in [1.165, 1.54) is 13.2 Å². The zero-order valence-electron chi connectivity index (χ0n) is 11.3. The number of carbonyl (C=O) groups is 1. The molecule has 21 heavy (non-hydrogen) atoms. The Labute approximate surface area is 121 Å². The highest BCUT2D eigenvalue weighted by molar-refractivity contribution is 5.95. The maximum absolute atomic E-state index is 14.4. The summed E-state index contributed by atoms with van der Waals surface area (Å²) in [5.41, 5.74) is 1.60. The standard InChI is InChI=1S/C17H12FNO2/c1-21-17(20)13-9-7-12-8-10-14(19-16(12)15(13)18)11-5-3-2-4-6-11/h2-10H,1H3. The molecule has 3 nitrogen and oxygen atoms in total. The fraction of sp³-hybridized carbons (Fsp3) is 0.0588. The molecule has 3 rings (SSSR count). The van der Waals surface area contributed by atoms with Gasteiger partial charge in [0.05, 0.1) is 18.4 Å². The van der Waals surface area contributed by atoms with Gasteiger partial charge in [0.15, 0.2) is 5.82 Å². The van der Waals surface area contributed by atoms with E-state index in [0.717, 1.165) is 5.56 Å². The van der Waals surface area contributed by atoms with Crippen LogP contribution in [0.1, 0.15) is 10.4 Å². The summed E-state index contributed by atoms with van der Waals surface area (Å²) in [5, 5.41) is 0.639. The Hall–Kier alpha value is -2.75. The number of ether oxygens (including phenoxy) is 1. The predicted molar refractivity (Wildman–Crippen MR) is 78.5 cm³/mol. The van der Waals surface area contributed by atoms with Crippen molar-refractivity contribution in [3.63, 3.8) is 0 Å². The smallest absolute Gasteiger partial charge is 0.340 e. The molecule has 3 aromatic rings. The Morgan fingerprint density at radius 2 is 1.76 bits per heavy atom. The fourth-order valence-electron chi connectivity index (χ4n) is 2.19. The fourth-order valence-corrected chi connectivity index (χ4v) is 2.19. The third-order valence-electron chi connectivity index (χ3n) is 3.28. The van der Waals surface area contributed by atoms with Crippen LogP contribution in [0, 0.1) is 5.82 Å². The Bertz CT molecular complexity index is 816. The molecule has 0 spiro atoms. The Balaban J connectivity index is 2.20. The van der Waals surface area contributed by atoms with Gasteiger partial charge in [0.1, 0.15) is 5.52 Å². The van der Waals surface area contributed by atoms with Gasteiger partial charge in [0.2, 0.25) is 0 Å². The molecule has 0 aliphatic heterocycles. The summed E-state index contributed by atoms with van der Waals surface area (Å²) >= 11 is 0. The van der Waals surface area contributed by atoms with Crippen molar-refractivity contribution in [2.75, 3.05) is 7.11 Å². The molecular weight excluding hydrogens is 269 g/mol. The van der Waals surface area contributed by atoms with Crippen LogP contribution in [0.25, 0.3) is 22.2 Å². The van der Waals surface area contributed by atoms with Crippen molar-refractivity contribution in [2.24, 2.45) is 0 Å². The lowest BCUT2D eigenvalue weighted by Gasteiger charge is -2.07. The van der Waals surface area contributed by atoms with Crippen molar-refractivity contribution in [3.05, 3.63) is 66.0 Å². The number of fused-ring (bicyclic) bond motifs is 1. The van der Waals surface area contributed by atoms with Gasteiger partial charge in [-0.15, -0.1) is 0 Å². The van der Waals surface area contributed by atoms with E-state index in [9.17, 15) is 9.18 Å². The lowest BCUT2D eigenvalue weighted by molar-refractivity contribution is 0.0596. The maximum Gasteiger partial charge on any atom is 0.340 e. The van der Waals surface area contributed by atoms with E-state index in [-0.39, 0.29) is 11.1 Å². The van der Waals surface area contributed by atoms with Gasteiger partial charge >= 0.3 is 5.97 Å². The van der Waals surface area contributed by atoms with E-state index in [0.29, 0.717) is 11.1 Å². The summed E-state index contributed by atoms with van der Waals surface area (Å²) < 4.78 is 19.0. The van der Waals surface area contributed by atoms with Crippen molar-refractivity contribution in [1.82, 2.24) is 4.98 Å². The first kappa shape index (κ1) is 13.2. The molecule has 0 amide bonds. The SMILES string of the molecule is COC(=O)c1ccc2ccc(-c3ccccc3)nc2c1F. The average molecular weight is 281 g/mol. The summed E-state index contributed by atoms with van der Waals surface area (Å²) in [5.74, 6) is -1.36. The van der Waals surface area contributed by atoms with Gasteiger partial charge in [0.25, 0.3) is 0 Å². The van der Waals surface area contributed by atoms with Crippen LogP contribution >= 0.6 is 0 Å². The lowest BCUT2D eigenvalue weighted by atomic mass is 10.1. The average Bonchev–Trinajstić information content (AvgIpc) is 2.55. The molecule has 104 valence electrons. The number of esters is 1. The van der Waals surface area contributed by atoms with Gasteiger partial charge < -0.3 is 4.74 Å². The zero-order chi connectivity index (χ0) is 14.8. The largest absolute Gasteiger partial charge is 0.465 e. The minimum absolute atomic E-state index is 0.109. The number of methoxy groups -OCH3 is 1. The van der Waals surface area contributed by atoms with Gasteiger partial charge in [-0.3, -0.25) is 0 Å². The summed E-state index contributed by atoms with van der Waals surface area (Å²) in [4.78, 5) is 15.9.